The molecule has 14 heavy (non-hydrogen) atoms. The summed E-state index contributed by atoms with van der Waals surface area (Å²) < 4.78 is 16.8. The molecule has 0 spiro atoms. The van der Waals surface area contributed by atoms with Gasteiger partial charge >= 0.3 is 0 Å². The Morgan fingerprint density at radius 3 is 2.43 bits per heavy atom. The van der Waals surface area contributed by atoms with Crippen LogP contribution in [0.1, 0.15) is 27.7 Å². The summed E-state index contributed by atoms with van der Waals surface area (Å²) in [5.41, 5.74) is 0. The van der Waals surface area contributed by atoms with Crippen molar-refractivity contribution in [3.05, 3.63) is 0 Å². The molecule has 2 rings (SSSR count). The Labute approximate surface area is 84.1 Å². The molecule has 2 aliphatic rings. The zero-order chi connectivity index (χ0) is 10.5. The second-order valence-electron chi connectivity index (χ2n) is 4.66. The molecular weight excluding hydrogens is 184 g/mol. The molecule has 0 saturated carbocycles. The van der Waals surface area contributed by atoms with Gasteiger partial charge in [0, 0.05) is 5.92 Å². The van der Waals surface area contributed by atoms with Gasteiger partial charge in [-0.25, -0.2) is 0 Å². The molecule has 0 aliphatic carbocycles. The van der Waals surface area contributed by atoms with Crippen LogP contribution < -0.4 is 0 Å². The lowest BCUT2D eigenvalue weighted by atomic mass is 9.91. The molecular formula is C10H18O4. The van der Waals surface area contributed by atoms with Gasteiger partial charge in [-0.2, -0.15) is 0 Å². The van der Waals surface area contributed by atoms with E-state index in [-0.39, 0.29) is 24.4 Å². The third-order valence-electron chi connectivity index (χ3n) is 2.97. The van der Waals surface area contributed by atoms with Crippen LogP contribution in [0.3, 0.4) is 0 Å². The fourth-order valence-electron chi connectivity index (χ4n) is 2.13. The van der Waals surface area contributed by atoms with Gasteiger partial charge in [-0.1, -0.05) is 6.92 Å². The normalized spacial score (nSPS) is 51.6. The summed E-state index contributed by atoms with van der Waals surface area (Å²) in [6.45, 7) is 7.54. The molecule has 4 heteroatoms. The van der Waals surface area contributed by atoms with Crippen molar-refractivity contribution < 1.29 is 19.3 Å². The Morgan fingerprint density at radius 2 is 1.79 bits per heavy atom. The number of aliphatic hydroxyl groups excluding tert-OH is 1. The van der Waals surface area contributed by atoms with Gasteiger partial charge in [0.15, 0.2) is 12.1 Å². The molecule has 2 saturated heterocycles. The van der Waals surface area contributed by atoms with Crippen LogP contribution in [-0.4, -0.2) is 35.5 Å². The number of aliphatic hydroxyl groups is 1. The third-order valence-corrected chi connectivity index (χ3v) is 2.97. The Bertz CT molecular complexity index is 228. The van der Waals surface area contributed by atoms with E-state index in [1.165, 1.54) is 0 Å². The summed E-state index contributed by atoms with van der Waals surface area (Å²) in [5.74, 6) is -0.557. The molecule has 2 aliphatic heterocycles. The molecule has 0 aromatic carbocycles. The first-order chi connectivity index (χ1) is 6.41. The van der Waals surface area contributed by atoms with Crippen molar-refractivity contribution in [3.8, 4) is 0 Å². The van der Waals surface area contributed by atoms with Crippen LogP contribution in [0, 0.1) is 5.92 Å². The number of ether oxygens (including phenoxy) is 3. The largest absolute Gasteiger partial charge is 0.390 e. The van der Waals surface area contributed by atoms with Crippen LogP contribution in [0.5, 0.6) is 0 Å². The van der Waals surface area contributed by atoms with E-state index in [1.54, 1.807) is 0 Å². The molecule has 0 aromatic heterocycles. The lowest BCUT2D eigenvalue weighted by Gasteiger charge is -2.37. The molecule has 0 amide bonds. The van der Waals surface area contributed by atoms with Gasteiger partial charge in [-0.05, 0) is 20.8 Å². The minimum absolute atomic E-state index is 0.0468. The van der Waals surface area contributed by atoms with Gasteiger partial charge in [0.1, 0.15) is 6.10 Å². The van der Waals surface area contributed by atoms with E-state index in [1.807, 2.05) is 27.7 Å². The highest BCUT2D eigenvalue weighted by Crippen LogP contribution is 2.38. The predicted octanol–water partition coefficient (Wildman–Crippen LogP) is 0.880. The van der Waals surface area contributed by atoms with Gasteiger partial charge in [0.05, 0.1) is 12.2 Å². The van der Waals surface area contributed by atoms with E-state index in [0.717, 1.165) is 0 Å². The maximum absolute atomic E-state index is 9.80. The third kappa shape index (κ3) is 1.56. The van der Waals surface area contributed by atoms with E-state index < -0.39 is 11.9 Å². The molecule has 0 bridgehead atoms. The van der Waals surface area contributed by atoms with Crippen molar-refractivity contribution in [3.63, 3.8) is 0 Å². The van der Waals surface area contributed by atoms with Crippen LogP contribution in [0.15, 0.2) is 0 Å². The van der Waals surface area contributed by atoms with Crippen molar-refractivity contribution in [1.29, 1.82) is 0 Å². The summed E-state index contributed by atoms with van der Waals surface area (Å²) in [4.78, 5) is 0. The van der Waals surface area contributed by atoms with Crippen molar-refractivity contribution >= 4 is 0 Å². The first-order valence-corrected chi connectivity index (χ1v) is 5.10. The summed E-state index contributed by atoms with van der Waals surface area (Å²) in [5, 5.41) is 9.80. The Balaban J connectivity index is 2.15. The summed E-state index contributed by atoms with van der Waals surface area (Å²) in [6, 6.07) is 0. The average Bonchev–Trinajstić information content (AvgIpc) is 2.37. The predicted molar refractivity (Wildman–Crippen MR) is 49.5 cm³/mol. The van der Waals surface area contributed by atoms with Crippen molar-refractivity contribution in [1.82, 2.24) is 0 Å². The van der Waals surface area contributed by atoms with Gasteiger partial charge < -0.3 is 19.3 Å². The molecule has 1 N–H and O–H groups in total. The lowest BCUT2D eigenvalue weighted by molar-refractivity contribution is -0.233. The van der Waals surface area contributed by atoms with Gasteiger partial charge in [0.25, 0.3) is 0 Å². The lowest BCUT2D eigenvalue weighted by Crippen LogP contribution is -2.50. The molecule has 2 unspecified atom stereocenters. The zero-order valence-corrected chi connectivity index (χ0v) is 9.06. The second-order valence-corrected chi connectivity index (χ2v) is 4.66. The minimum atomic E-state index is -0.604. The smallest absolute Gasteiger partial charge is 0.187 e. The zero-order valence-electron chi connectivity index (χ0n) is 9.06. The van der Waals surface area contributed by atoms with Crippen LogP contribution in [0.2, 0.25) is 0 Å². The maximum atomic E-state index is 9.80. The van der Waals surface area contributed by atoms with Crippen LogP contribution in [-0.2, 0) is 14.2 Å². The number of rotatable bonds is 0. The van der Waals surface area contributed by atoms with E-state index in [9.17, 15) is 5.11 Å². The molecule has 2 heterocycles. The van der Waals surface area contributed by atoms with Gasteiger partial charge in [-0.15, -0.1) is 0 Å². The highest BCUT2D eigenvalue weighted by atomic mass is 16.8. The first-order valence-electron chi connectivity index (χ1n) is 5.10. The van der Waals surface area contributed by atoms with Crippen molar-refractivity contribution in [2.75, 3.05) is 0 Å². The molecule has 2 fully saturated rings. The van der Waals surface area contributed by atoms with Crippen molar-refractivity contribution in [2.45, 2.75) is 58.1 Å². The van der Waals surface area contributed by atoms with Gasteiger partial charge in [0.2, 0.25) is 0 Å². The Kier molecular flexibility index (Phi) is 2.34. The summed E-state index contributed by atoms with van der Waals surface area (Å²) in [7, 11) is 0. The van der Waals surface area contributed by atoms with Crippen molar-refractivity contribution in [2.24, 2.45) is 5.92 Å². The van der Waals surface area contributed by atoms with E-state index >= 15 is 0 Å². The molecule has 4 nitrogen and oxygen atoms in total. The fraction of sp³-hybridized carbons (Fsp3) is 1.00. The van der Waals surface area contributed by atoms with Gasteiger partial charge in [-0.3, -0.25) is 0 Å². The number of hydrogen-bond donors (Lipinski definition) is 1. The SMILES string of the molecule is CC1O[C@H]2OC(C)(C)O[C@H]2C(C)[C@@H]1O. The van der Waals surface area contributed by atoms with Crippen LogP contribution in [0.4, 0.5) is 0 Å². The van der Waals surface area contributed by atoms with Crippen LogP contribution in [0.25, 0.3) is 0 Å². The monoisotopic (exact) mass is 202 g/mol. The molecule has 82 valence electrons. The number of hydrogen-bond acceptors (Lipinski definition) is 4. The molecule has 0 aromatic rings. The second kappa shape index (κ2) is 3.17. The molecule has 0 radical (unpaired) electrons. The van der Waals surface area contributed by atoms with E-state index in [4.69, 9.17) is 14.2 Å². The number of fused-ring (bicyclic) bond motifs is 1. The summed E-state index contributed by atoms with van der Waals surface area (Å²) in [6.07, 6.45) is -1.16. The highest BCUT2D eigenvalue weighted by Gasteiger charge is 2.51. The Hall–Kier alpha value is -0.160. The van der Waals surface area contributed by atoms with E-state index in [0.29, 0.717) is 0 Å². The Morgan fingerprint density at radius 1 is 1.14 bits per heavy atom. The standard InChI is InChI=1S/C10H18O4/c1-5-7(11)6(2)12-9-8(5)13-10(3,4)14-9/h5-9,11H,1-4H3/t5?,6?,7-,8-,9-/m0/s1. The summed E-state index contributed by atoms with van der Waals surface area (Å²) >= 11 is 0. The highest BCUT2D eigenvalue weighted by molar-refractivity contribution is 4.90. The molecule has 5 atom stereocenters. The maximum Gasteiger partial charge on any atom is 0.187 e. The average molecular weight is 202 g/mol. The minimum Gasteiger partial charge on any atom is -0.390 e. The topological polar surface area (TPSA) is 47.9 Å². The fourth-order valence-corrected chi connectivity index (χ4v) is 2.13. The quantitative estimate of drug-likeness (QED) is 0.633. The van der Waals surface area contributed by atoms with E-state index in [2.05, 4.69) is 0 Å². The van der Waals surface area contributed by atoms with Crippen LogP contribution >= 0.6 is 0 Å². The first kappa shape index (κ1) is 10.4.